The molecule has 1 fully saturated rings. The van der Waals surface area contributed by atoms with Crippen molar-refractivity contribution in [3.8, 4) is 0 Å². The summed E-state index contributed by atoms with van der Waals surface area (Å²) in [5.41, 5.74) is 1.64. The molecule has 0 aliphatic heterocycles. The normalized spacial score (nSPS) is 14.6. The monoisotopic (exact) mass is 331 g/mol. The van der Waals surface area contributed by atoms with Crippen LogP contribution in [0.5, 0.6) is 0 Å². The van der Waals surface area contributed by atoms with E-state index in [9.17, 15) is 14.4 Å². The summed E-state index contributed by atoms with van der Waals surface area (Å²) < 4.78 is 0. The van der Waals surface area contributed by atoms with E-state index in [0.717, 1.165) is 18.4 Å². The second-order valence-corrected chi connectivity index (χ2v) is 6.26. The maximum Gasteiger partial charge on any atom is 0.223 e. The van der Waals surface area contributed by atoms with Gasteiger partial charge in [0.15, 0.2) is 0 Å². The maximum atomic E-state index is 12.0. The van der Waals surface area contributed by atoms with Gasteiger partial charge in [0.2, 0.25) is 17.7 Å². The van der Waals surface area contributed by atoms with Crippen LogP contribution >= 0.6 is 0 Å². The highest BCUT2D eigenvalue weighted by Gasteiger charge is 2.28. The Morgan fingerprint density at radius 2 is 2.00 bits per heavy atom. The largest absolute Gasteiger partial charge is 0.356 e. The van der Waals surface area contributed by atoms with Crippen molar-refractivity contribution in [2.24, 2.45) is 5.92 Å². The summed E-state index contributed by atoms with van der Waals surface area (Å²) in [7, 11) is 0. The fourth-order valence-corrected chi connectivity index (χ4v) is 2.44. The fourth-order valence-electron chi connectivity index (χ4n) is 2.44. The molecule has 0 spiro atoms. The Morgan fingerprint density at radius 1 is 1.25 bits per heavy atom. The number of anilines is 1. The van der Waals surface area contributed by atoms with Crippen LogP contribution in [0.3, 0.4) is 0 Å². The molecule has 0 saturated heterocycles. The minimum atomic E-state index is -0.146. The van der Waals surface area contributed by atoms with Gasteiger partial charge in [0.1, 0.15) is 0 Å². The Labute approximate surface area is 142 Å². The molecule has 1 aromatic carbocycles. The molecule has 1 aliphatic carbocycles. The third-order valence-corrected chi connectivity index (χ3v) is 3.91. The van der Waals surface area contributed by atoms with E-state index in [0.29, 0.717) is 25.1 Å². The third-order valence-electron chi connectivity index (χ3n) is 3.91. The van der Waals surface area contributed by atoms with Crippen LogP contribution in [0.4, 0.5) is 5.69 Å². The van der Waals surface area contributed by atoms with Gasteiger partial charge < -0.3 is 16.0 Å². The second-order valence-electron chi connectivity index (χ2n) is 6.26. The molecule has 24 heavy (non-hydrogen) atoms. The van der Waals surface area contributed by atoms with Gasteiger partial charge in [0.25, 0.3) is 0 Å². The first-order valence-electron chi connectivity index (χ1n) is 8.40. The minimum Gasteiger partial charge on any atom is -0.356 e. The van der Waals surface area contributed by atoms with E-state index in [-0.39, 0.29) is 29.7 Å². The minimum absolute atomic E-state index is 0.0481. The second kappa shape index (κ2) is 8.47. The number of hydrogen-bond donors (Lipinski definition) is 3. The van der Waals surface area contributed by atoms with E-state index >= 15 is 0 Å². The van der Waals surface area contributed by atoms with Crippen molar-refractivity contribution in [2.45, 2.75) is 45.6 Å². The maximum absolute atomic E-state index is 12.0. The lowest BCUT2D eigenvalue weighted by Crippen LogP contribution is -2.29. The molecule has 0 radical (unpaired) electrons. The van der Waals surface area contributed by atoms with Crippen molar-refractivity contribution >= 4 is 23.4 Å². The lowest BCUT2D eigenvalue weighted by atomic mass is 10.1. The molecule has 1 atom stereocenters. The highest BCUT2D eigenvalue weighted by molar-refractivity contribution is 5.88. The predicted molar refractivity (Wildman–Crippen MR) is 92.3 cm³/mol. The molecular weight excluding hydrogens is 306 g/mol. The first-order valence-corrected chi connectivity index (χ1v) is 8.40. The molecule has 0 aromatic heterocycles. The van der Waals surface area contributed by atoms with Crippen LogP contribution in [0.15, 0.2) is 24.3 Å². The smallest absolute Gasteiger partial charge is 0.223 e. The number of nitrogens with one attached hydrogen (secondary N) is 3. The molecular formula is C18H25N3O3. The van der Waals surface area contributed by atoms with Crippen LogP contribution in [-0.4, -0.2) is 24.3 Å². The van der Waals surface area contributed by atoms with Crippen molar-refractivity contribution in [1.82, 2.24) is 10.6 Å². The van der Waals surface area contributed by atoms with Gasteiger partial charge in [-0.25, -0.2) is 0 Å². The summed E-state index contributed by atoms with van der Waals surface area (Å²) in [5.74, 6) is 0.137. The third kappa shape index (κ3) is 6.02. The van der Waals surface area contributed by atoms with Gasteiger partial charge in [-0.3, -0.25) is 14.4 Å². The number of rotatable bonds is 8. The molecule has 6 nitrogen and oxygen atoms in total. The Hall–Kier alpha value is -2.37. The van der Waals surface area contributed by atoms with E-state index in [2.05, 4.69) is 16.0 Å². The quantitative estimate of drug-likeness (QED) is 0.638. The van der Waals surface area contributed by atoms with Gasteiger partial charge in [-0.1, -0.05) is 12.1 Å². The Kier molecular flexibility index (Phi) is 6.35. The molecule has 130 valence electrons. The Bertz CT molecular complexity index is 611. The average molecular weight is 331 g/mol. The summed E-state index contributed by atoms with van der Waals surface area (Å²) in [6, 6.07) is 7.26. The molecule has 2 rings (SSSR count). The molecule has 1 aromatic rings. The molecule has 6 heteroatoms. The molecule has 3 amide bonds. The zero-order chi connectivity index (χ0) is 17.5. The molecule has 1 aliphatic rings. The molecule has 1 unspecified atom stereocenters. The van der Waals surface area contributed by atoms with Gasteiger partial charge in [0.05, 0.1) is 6.04 Å². The number of hydrogen-bond acceptors (Lipinski definition) is 3. The summed E-state index contributed by atoms with van der Waals surface area (Å²) in [5, 5.41) is 8.52. The van der Waals surface area contributed by atoms with Crippen LogP contribution in [-0.2, 0) is 14.4 Å². The van der Waals surface area contributed by atoms with E-state index in [1.54, 1.807) is 0 Å². The Morgan fingerprint density at radius 3 is 2.67 bits per heavy atom. The average Bonchev–Trinajstić information content (AvgIpc) is 3.35. The highest BCUT2D eigenvalue weighted by atomic mass is 16.2. The van der Waals surface area contributed by atoms with E-state index in [1.807, 2.05) is 31.2 Å². The molecule has 0 heterocycles. The van der Waals surface area contributed by atoms with Crippen molar-refractivity contribution < 1.29 is 14.4 Å². The molecule has 3 N–H and O–H groups in total. The van der Waals surface area contributed by atoms with Gasteiger partial charge >= 0.3 is 0 Å². The van der Waals surface area contributed by atoms with Crippen molar-refractivity contribution in [1.29, 1.82) is 0 Å². The van der Waals surface area contributed by atoms with Crippen LogP contribution in [0.2, 0.25) is 0 Å². The number of carbonyl (C=O) groups excluding carboxylic acids is 3. The van der Waals surface area contributed by atoms with Gasteiger partial charge in [-0.15, -0.1) is 0 Å². The van der Waals surface area contributed by atoms with Crippen LogP contribution < -0.4 is 16.0 Å². The fraction of sp³-hybridized carbons (Fsp3) is 0.500. The SMILES string of the molecule is CC(=O)Nc1cccc(C(C)NC(=O)CCCNC(=O)C2CC2)c1. The standard InChI is InChI=1S/C18H25N3O3/c1-12(15-5-3-6-16(11-15)21-13(2)22)20-17(23)7-4-10-19-18(24)14-8-9-14/h3,5-6,11-12,14H,4,7-10H2,1-2H3,(H,19,24)(H,20,23)(H,21,22). The highest BCUT2D eigenvalue weighted by Crippen LogP contribution is 2.28. The van der Waals surface area contributed by atoms with Crippen molar-refractivity contribution in [3.05, 3.63) is 29.8 Å². The van der Waals surface area contributed by atoms with Gasteiger partial charge in [-0.2, -0.15) is 0 Å². The van der Waals surface area contributed by atoms with Gasteiger partial charge in [-0.05, 0) is 43.9 Å². The van der Waals surface area contributed by atoms with Crippen LogP contribution in [0.25, 0.3) is 0 Å². The lowest BCUT2D eigenvalue weighted by Gasteiger charge is -2.15. The first-order chi connectivity index (χ1) is 11.5. The lowest BCUT2D eigenvalue weighted by molar-refractivity contribution is -0.123. The predicted octanol–water partition coefficient (Wildman–Crippen LogP) is 2.13. The Balaban J connectivity index is 1.72. The number of benzene rings is 1. The molecule has 0 bridgehead atoms. The molecule has 1 saturated carbocycles. The van der Waals surface area contributed by atoms with Gasteiger partial charge in [0, 0.05) is 31.5 Å². The van der Waals surface area contributed by atoms with Crippen LogP contribution in [0.1, 0.15) is 51.1 Å². The summed E-state index contributed by atoms with van der Waals surface area (Å²) in [6.07, 6.45) is 2.98. The summed E-state index contributed by atoms with van der Waals surface area (Å²) in [6.45, 7) is 3.90. The van der Waals surface area contributed by atoms with Crippen molar-refractivity contribution in [3.63, 3.8) is 0 Å². The summed E-state index contributed by atoms with van der Waals surface area (Å²) >= 11 is 0. The van der Waals surface area contributed by atoms with Crippen molar-refractivity contribution in [2.75, 3.05) is 11.9 Å². The zero-order valence-corrected chi connectivity index (χ0v) is 14.2. The topological polar surface area (TPSA) is 87.3 Å². The first kappa shape index (κ1) is 18.0. The van der Waals surface area contributed by atoms with E-state index in [1.165, 1.54) is 6.92 Å². The van der Waals surface area contributed by atoms with E-state index < -0.39 is 0 Å². The zero-order valence-electron chi connectivity index (χ0n) is 14.2. The number of carbonyl (C=O) groups is 3. The van der Waals surface area contributed by atoms with Crippen LogP contribution in [0, 0.1) is 5.92 Å². The van der Waals surface area contributed by atoms with E-state index in [4.69, 9.17) is 0 Å². The summed E-state index contributed by atoms with van der Waals surface area (Å²) in [4.78, 5) is 34.6. The number of amides is 3.